The number of carbonyl (C=O) groups is 1. The topological polar surface area (TPSA) is 60.5 Å². The van der Waals surface area contributed by atoms with Crippen LogP contribution in [0.3, 0.4) is 0 Å². The van der Waals surface area contributed by atoms with Gasteiger partial charge in [0.15, 0.2) is 0 Å². The van der Waals surface area contributed by atoms with Crippen LogP contribution >= 0.6 is 0 Å². The molecule has 1 atom stereocenters. The van der Waals surface area contributed by atoms with Gasteiger partial charge in [-0.1, -0.05) is 0 Å². The summed E-state index contributed by atoms with van der Waals surface area (Å²) < 4.78 is 22.0. The van der Waals surface area contributed by atoms with Crippen molar-refractivity contribution < 1.29 is 23.7 Å². The number of hydrogen-bond acceptors (Lipinski definition) is 6. The van der Waals surface area contributed by atoms with Crippen molar-refractivity contribution in [1.82, 2.24) is 9.80 Å². The highest BCUT2D eigenvalue weighted by Gasteiger charge is 2.42. The molecule has 0 bridgehead atoms. The van der Waals surface area contributed by atoms with Gasteiger partial charge in [-0.05, 0) is 25.7 Å². The van der Waals surface area contributed by atoms with E-state index < -0.39 is 0 Å². The molecule has 7 nitrogen and oxygen atoms in total. The second kappa shape index (κ2) is 9.28. The Morgan fingerprint density at radius 3 is 2.60 bits per heavy atom. The van der Waals surface area contributed by atoms with Crippen molar-refractivity contribution in [2.45, 2.75) is 37.3 Å². The van der Waals surface area contributed by atoms with E-state index in [4.69, 9.17) is 18.9 Å². The molecule has 144 valence electrons. The Labute approximate surface area is 150 Å². The zero-order chi connectivity index (χ0) is 17.5. The van der Waals surface area contributed by atoms with Gasteiger partial charge in [-0.25, -0.2) is 0 Å². The minimum absolute atomic E-state index is 0.0467. The van der Waals surface area contributed by atoms with Gasteiger partial charge in [-0.2, -0.15) is 0 Å². The summed E-state index contributed by atoms with van der Waals surface area (Å²) in [5.74, 6) is 0.0755. The maximum Gasteiger partial charge on any atom is 0.248 e. The number of hydrogen-bond donors (Lipinski definition) is 0. The van der Waals surface area contributed by atoms with Gasteiger partial charge in [-0.15, -0.1) is 0 Å². The Balaban J connectivity index is 1.44. The van der Waals surface area contributed by atoms with E-state index in [2.05, 4.69) is 4.90 Å². The molecule has 3 aliphatic heterocycles. The van der Waals surface area contributed by atoms with Gasteiger partial charge in [-0.3, -0.25) is 9.69 Å². The van der Waals surface area contributed by atoms with Crippen LogP contribution in [0, 0.1) is 0 Å². The lowest BCUT2D eigenvalue weighted by Gasteiger charge is -2.49. The maximum absolute atomic E-state index is 12.2. The largest absolute Gasteiger partial charge is 0.382 e. The molecule has 1 spiro atoms. The molecule has 3 rings (SSSR count). The molecule has 1 amide bonds. The first-order chi connectivity index (χ1) is 12.2. The fourth-order valence-corrected chi connectivity index (χ4v) is 4.16. The third kappa shape index (κ3) is 5.14. The smallest absolute Gasteiger partial charge is 0.248 e. The maximum atomic E-state index is 12.2. The molecule has 0 saturated carbocycles. The predicted molar refractivity (Wildman–Crippen MR) is 92.6 cm³/mol. The molecular weight excluding hydrogens is 324 g/mol. The number of ether oxygens (including phenoxy) is 4. The van der Waals surface area contributed by atoms with Crippen LogP contribution < -0.4 is 0 Å². The number of carbonyl (C=O) groups excluding carboxylic acids is 1. The average Bonchev–Trinajstić information content (AvgIpc) is 2.66. The summed E-state index contributed by atoms with van der Waals surface area (Å²) in [6.45, 7) is 7.24. The fraction of sp³-hybridized carbons (Fsp3) is 0.944. The number of piperidine rings is 1. The number of morpholine rings is 1. The van der Waals surface area contributed by atoms with Crippen molar-refractivity contribution >= 4 is 5.91 Å². The normalized spacial score (nSPS) is 27.6. The minimum Gasteiger partial charge on any atom is -0.382 e. The molecule has 0 radical (unpaired) electrons. The molecule has 3 aliphatic rings. The summed E-state index contributed by atoms with van der Waals surface area (Å²) in [6, 6.07) is 0.595. The van der Waals surface area contributed by atoms with Gasteiger partial charge in [0.05, 0.1) is 32.0 Å². The Bertz CT molecular complexity index is 420. The predicted octanol–water partition coefficient (Wildman–Crippen LogP) is 0.522. The lowest BCUT2D eigenvalue weighted by molar-refractivity contribution is -0.154. The van der Waals surface area contributed by atoms with E-state index in [-0.39, 0.29) is 18.1 Å². The Morgan fingerprint density at radius 2 is 1.88 bits per heavy atom. The van der Waals surface area contributed by atoms with Crippen molar-refractivity contribution in [3.63, 3.8) is 0 Å². The van der Waals surface area contributed by atoms with E-state index >= 15 is 0 Å². The Kier molecular flexibility index (Phi) is 7.07. The summed E-state index contributed by atoms with van der Waals surface area (Å²) in [7, 11) is 1.63. The summed E-state index contributed by atoms with van der Waals surface area (Å²) in [5, 5.41) is 0. The number of nitrogens with zero attached hydrogens (tertiary/aromatic N) is 2. The number of likely N-dealkylation sites (tertiary alicyclic amines) is 1. The number of rotatable bonds is 6. The highest BCUT2D eigenvalue weighted by molar-refractivity contribution is 5.77. The highest BCUT2D eigenvalue weighted by atomic mass is 16.5. The zero-order valence-corrected chi connectivity index (χ0v) is 15.4. The van der Waals surface area contributed by atoms with Crippen LogP contribution in [0.15, 0.2) is 0 Å². The molecule has 0 aliphatic carbocycles. The van der Waals surface area contributed by atoms with Crippen molar-refractivity contribution in [1.29, 1.82) is 0 Å². The first-order valence-corrected chi connectivity index (χ1v) is 9.53. The standard InChI is InChI=1S/C18H32N2O5/c1-22-12-13-24-15-17(21)20-5-3-18(4-6-20)14-16(2-9-25-18)19-7-10-23-11-8-19/h16H,2-15H2,1H3. The van der Waals surface area contributed by atoms with Gasteiger partial charge in [0, 0.05) is 45.9 Å². The molecule has 7 heteroatoms. The first-order valence-electron chi connectivity index (χ1n) is 9.53. The SMILES string of the molecule is COCCOCC(=O)N1CCC2(CC1)CC(N1CCOCC1)CCO2. The van der Waals surface area contributed by atoms with Crippen LogP contribution in [-0.2, 0) is 23.7 Å². The van der Waals surface area contributed by atoms with E-state index in [1.54, 1.807) is 7.11 Å². The summed E-state index contributed by atoms with van der Waals surface area (Å²) in [4.78, 5) is 16.7. The molecule has 25 heavy (non-hydrogen) atoms. The lowest BCUT2D eigenvalue weighted by Crippen LogP contribution is -2.56. The van der Waals surface area contributed by atoms with Crippen LogP contribution in [0.25, 0.3) is 0 Å². The van der Waals surface area contributed by atoms with Crippen LogP contribution in [0.1, 0.15) is 25.7 Å². The van der Waals surface area contributed by atoms with E-state index in [1.165, 1.54) is 0 Å². The molecule has 3 heterocycles. The molecule has 0 aromatic carbocycles. The van der Waals surface area contributed by atoms with Crippen molar-refractivity contribution in [2.75, 3.05) is 72.9 Å². The van der Waals surface area contributed by atoms with Gasteiger partial charge < -0.3 is 23.8 Å². The summed E-state index contributed by atoms with van der Waals surface area (Å²) in [6.07, 6.45) is 4.05. The van der Waals surface area contributed by atoms with Gasteiger partial charge >= 0.3 is 0 Å². The number of amides is 1. The third-order valence-electron chi connectivity index (χ3n) is 5.71. The zero-order valence-electron chi connectivity index (χ0n) is 15.4. The fourth-order valence-electron chi connectivity index (χ4n) is 4.16. The van der Waals surface area contributed by atoms with Gasteiger partial charge in [0.2, 0.25) is 5.91 Å². The van der Waals surface area contributed by atoms with E-state index in [0.29, 0.717) is 19.3 Å². The van der Waals surface area contributed by atoms with Crippen LogP contribution in [0.2, 0.25) is 0 Å². The van der Waals surface area contributed by atoms with Gasteiger partial charge in [0.25, 0.3) is 0 Å². The van der Waals surface area contributed by atoms with E-state index in [0.717, 1.165) is 71.7 Å². The van der Waals surface area contributed by atoms with E-state index in [9.17, 15) is 4.79 Å². The van der Waals surface area contributed by atoms with Crippen molar-refractivity contribution in [2.24, 2.45) is 0 Å². The molecule has 3 fully saturated rings. The van der Waals surface area contributed by atoms with Crippen LogP contribution in [0.4, 0.5) is 0 Å². The Hall–Kier alpha value is -0.730. The third-order valence-corrected chi connectivity index (χ3v) is 5.71. The Morgan fingerprint density at radius 1 is 1.12 bits per heavy atom. The van der Waals surface area contributed by atoms with Crippen molar-refractivity contribution in [3.05, 3.63) is 0 Å². The second-order valence-electron chi connectivity index (χ2n) is 7.25. The van der Waals surface area contributed by atoms with Crippen LogP contribution in [0.5, 0.6) is 0 Å². The lowest BCUT2D eigenvalue weighted by atomic mass is 9.81. The minimum atomic E-state index is -0.0467. The molecule has 0 N–H and O–H groups in total. The van der Waals surface area contributed by atoms with Gasteiger partial charge in [0.1, 0.15) is 6.61 Å². The van der Waals surface area contributed by atoms with Crippen molar-refractivity contribution in [3.8, 4) is 0 Å². The molecule has 0 aromatic rings. The molecule has 3 saturated heterocycles. The quantitative estimate of drug-likeness (QED) is 0.647. The highest BCUT2D eigenvalue weighted by Crippen LogP contribution is 2.36. The molecule has 0 aromatic heterocycles. The first kappa shape index (κ1) is 19.0. The number of methoxy groups -OCH3 is 1. The molecular formula is C18H32N2O5. The second-order valence-corrected chi connectivity index (χ2v) is 7.25. The average molecular weight is 356 g/mol. The summed E-state index contributed by atoms with van der Waals surface area (Å²) >= 11 is 0. The molecule has 1 unspecified atom stereocenters. The van der Waals surface area contributed by atoms with Crippen LogP contribution in [-0.4, -0.2) is 100 Å². The van der Waals surface area contributed by atoms with E-state index in [1.807, 2.05) is 4.90 Å². The monoisotopic (exact) mass is 356 g/mol. The summed E-state index contributed by atoms with van der Waals surface area (Å²) in [5.41, 5.74) is -0.0467.